The van der Waals surface area contributed by atoms with E-state index in [1.165, 1.54) is 0 Å². The monoisotopic (exact) mass is 274 g/mol. The van der Waals surface area contributed by atoms with Gasteiger partial charge in [0.25, 0.3) is 0 Å². The first-order chi connectivity index (χ1) is 10.2. The Morgan fingerprint density at radius 3 is 2.38 bits per heavy atom. The van der Waals surface area contributed by atoms with E-state index < -0.39 is 0 Å². The van der Waals surface area contributed by atoms with Gasteiger partial charge in [0.05, 0.1) is 0 Å². The van der Waals surface area contributed by atoms with E-state index in [9.17, 15) is 5.11 Å². The van der Waals surface area contributed by atoms with Gasteiger partial charge in [-0.3, -0.25) is 0 Å². The highest BCUT2D eigenvalue weighted by Gasteiger charge is 2.11. The summed E-state index contributed by atoms with van der Waals surface area (Å²) < 4.78 is 0. The maximum absolute atomic E-state index is 9.42. The fraction of sp³-hybridized carbons (Fsp3) is 0. The molecule has 0 bridgehead atoms. The summed E-state index contributed by atoms with van der Waals surface area (Å²) in [5.41, 5.74) is 11.3. The first kappa shape index (κ1) is 11.9. The van der Waals surface area contributed by atoms with Crippen LogP contribution < -0.4 is 5.73 Å². The predicted octanol–water partition coefficient (Wildman–Crippen LogP) is 4.28. The molecule has 3 aromatic carbocycles. The standard InChI is InChI=1S/C18H14N2O/c19-18-13(11-5-7-12(21)8-6-11)9-10-16-17(18)14-3-1-2-4-15(14)20-16/h1-10,20-21H,19H2. The second-order valence-electron chi connectivity index (χ2n) is 5.17. The molecule has 0 spiro atoms. The van der Waals surface area contributed by atoms with Crippen molar-refractivity contribution < 1.29 is 5.11 Å². The van der Waals surface area contributed by atoms with Crippen LogP contribution in [0.5, 0.6) is 5.75 Å². The van der Waals surface area contributed by atoms with E-state index in [0.717, 1.165) is 38.6 Å². The lowest BCUT2D eigenvalue weighted by atomic mass is 10.00. The SMILES string of the molecule is Nc1c(-c2ccc(O)cc2)ccc2[nH]c3ccccc3c12. The number of hydrogen-bond donors (Lipinski definition) is 3. The Bertz CT molecular complexity index is 952. The minimum atomic E-state index is 0.255. The molecule has 4 N–H and O–H groups in total. The summed E-state index contributed by atoms with van der Waals surface area (Å²) in [4.78, 5) is 3.39. The van der Waals surface area contributed by atoms with Gasteiger partial charge in [-0.2, -0.15) is 0 Å². The van der Waals surface area contributed by atoms with Crippen molar-refractivity contribution in [3.05, 3.63) is 60.7 Å². The van der Waals surface area contributed by atoms with Crippen LogP contribution in [0.4, 0.5) is 5.69 Å². The van der Waals surface area contributed by atoms with Gasteiger partial charge in [0, 0.05) is 33.1 Å². The number of anilines is 1. The average molecular weight is 274 g/mol. The minimum Gasteiger partial charge on any atom is -0.508 e. The van der Waals surface area contributed by atoms with Gasteiger partial charge in [0.1, 0.15) is 5.75 Å². The van der Waals surface area contributed by atoms with Crippen LogP contribution >= 0.6 is 0 Å². The molecule has 0 aliphatic rings. The molecule has 0 aliphatic carbocycles. The number of nitrogen functional groups attached to an aromatic ring is 1. The second kappa shape index (κ2) is 4.28. The van der Waals surface area contributed by atoms with Crippen molar-refractivity contribution in [3.63, 3.8) is 0 Å². The summed E-state index contributed by atoms with van der Waals surface area (Å²) >= 11 is 0. The number of aromatic hydroxyl groups is 1. The molecule has 3 nitrogen and oxygen atoms in total. The average Bonchev–Trinajstić information content (AvgIpc) is 2.88. The molecule has 4 rings (SSSR count). The number of H-pyrrole nitrogens is 1. The van der Waals surface area contributed by atoms with E-state index in [2.05, 4.69) is 17.1 Å². The van der Waals surface area contributed by atoms with Crippen LogP contribution in [0.25, 0.3) is 32.9 Å². The number of nitrogens with one attached hydrogen (secondary N) is 1. The first-order valence-electron chi connectivity index (χ1n) is 6.82. The summed E-state index contributed by atoms with van der Waals surface area (Å²) in [5, 5.41) is 11.6. The van der Waals surface area contributed by atoms with Crippen molar-refractivity contribution >= 4 is 27.5 Å². The molecule has 21 heavy (non-hydrogen) atoms. The van der Waals surface area contributed by atoms with Crippen molar-refractivity contribution in [3.8, 4) is 16.9 Å². The Balaban J connectivity index is 2.05. The molecule has 0 aliphatic heterocycles. The zero-order valence-corrected chi connectivity index (χ0v) is 11.3. The molecule has 0 unspecified atom stereocenters. The van der Waals surface area contributed by atoms with Crippen LogP contribution in [-0.2, 0) is 0 Å². The highest BCUT2D eigenvalue weighted by Crippen LogP contribution is 2.37. The number of phenols is 1. The van der Waals surface area contributed by atoms with Crippen molar-refractivity contribution in [2.45, 2.75) is 0 Å². The third-order valence-corrected chi connectivity index (χ3v) is 3.89. The van der Waals surface area contributed by atoms with Gasteiger partial charge in [0.2, 0.25) is 0 Å². The van der Waals surface area contributed by atoms with E-state index in [4.69, 9.17) is 5.73 Å². The quantitative estimate of drug-likeness (QED) is 0.454. The number of hydrogen-bond acceptors (Lipinski definition) is 2. The summed E-state index contributed by atoms with van der Waals surface area (Å²) in [6.45, 7) is 0. The van der Waals surface area contributed by atoms with Gasteiger partial charge >= 0.3 is 0 Å². The molecular formula is C18H14N2O. The predicted molar refractivity (Wildman–Crippen MR) is 87.3 cm³/mol. The van der Waals surface area contributed by atoms with Crippen LogP contribution in [0.1, 0.15) is 0 Å². The molecular weight excluding hydrogens is 260 g/mol. The van der Waals surface area contributed by atoms with Gasteiger partial charge in [-0.05, 0) is 29.8 Å². The largest absolute Gasteiger partial charge is 0.508 e. The molecule has 1 heterocycles. The van der Waals surface area contributed by atoms with E-state index >= 15 is 0 Å². The smallest absolute Gasteiger partial charge is 0.115 e. The van der Waals surface area contributed by atoms with E-state index in [0.29, 0.717) is 0 Å². The van der Waals surface area contributed by atoms with Crippen LogP contribution in [0.3, 0.4) is 0 Å². The first-order valence-corrected chi connectivity index (χ1v) is 6.82. The number of nitrogens with two attached hydrogens (primary N) is 1. The Labute approximate surface area is 121 Å². The number of aromatic amines is 1. The summed E-state index contributed by atoms with van der Waals surface area (Å²) in [7, 11) is 0. The molecule has 0 fully saturated rings. The maximum atomic E-state index is 9.42. The van der Waals surface area contributed by atoms with Gasteiger partial charge in [-0.1, -0.05) is 36.4 Å². The Hall–Kier alpha value is -2.94. The molecule has 0 radical (unpaired) electrons. The Kier molecular flexibility index (Phi) is 2.42. The molecule has 1 aromatic heterocycles. The maximum Gasteiger partial charge on any atom is 0.115 e. The second-order valence-corrected chi connectivity index (χ2v) is 5.17. The molecule has 0 amide bonds. The molecule has 0 saturated heterocycles. The number of rotatable bonds is 1. The summed E-state index contributed by atoms with van der Waals surface area (Å²) in [5.74, 6) is 0.255. The third kappa shape index (κ3) is 1.75. The molecule has 0 atom stereocenters. The number of fused-ring (bicyclic) bond motifs is 3. The fourth-order valence-electron chi connectivity index (χ4n) is 2.86. The summed E-state index contributed by atoms with van der Waals surface area (Å²) in [6, 6.07) is 19.3. The molecule has 3 heteroatoms. The minimum absolute atomic E-state index is 0.255. The number of benzene rings is 3. The van der Waals surface area contributed by atoms with E-state index in [1.54, 1.807) is 12.1 Å². The lowest BCUT2D eigenvalue weighted by Crippen LogP contribution is -1.91. The van der Waals surface area contributed by atoms with Gasteiger partial charge in [-0.25, -0.2) is 0 Å². The van der Waals surface area contributed by atoms with Crippen LogP contribution in [0.15, 0.2) is 60.7 Å². The van der Waals surface area contributed by atoms with E-state index in [1.807, 2.05) is 36.4 Å². The number of aromatic nitrogens is 1. The van der Waals surface area contributed by atoms with Gasteiger partial charge in [-0.15, -0.1) is 0 Å². The zero-order valence-electron chi connectivity index (χ0n) is 11.3. The van der Waals surface area contributed by atoms with Crippen LogP contribution in [0, 0.1) is 0 Å². The Morgan fingerprint density at radius 1 is 0.810 bits per heavy atom. The highest BCUT2D eigenvalue weighted by molar-refractivity contribution is 6.15. The Morgan fingerprint density at radius 2 is 1.57 bits per heavy atom. The van der Waals surface area contributed by atoms with Crippen molar-refractivity contribution in [2.24, 2.45) is 0 Å². The van der Waals surface area contributed by atoms with Gasteiger partial charge in [0.15, 0.2) is 0 Å². The number of phenolic OH excluding ortho intramolecular Hbond substituents is 1. The van der Waals surface area contributed by atoms with Crippen LogP contribution in [0.2, 0.25) is 0 Å². The molecule has 102 valence electrons. The number of para-hydroxylation sites is 1. The lowest BCUT2D eigenvalue weighted by molar-refractivity contribution is 0.475. The third-order valence-electron chi connectivity index (χ3n) is 3.89. The van der Waals surface area contributed by atoms with Crippen molar-refractivity contribution in [1.29, 1.82) is 0 Å². The van der Waals surface area contributed by atoms with Crippen molar-refractivity contribution in [1.82, 2.24) is 4.98 Å². The summed E-state index contributed by atoms with van der Waals surface area (Å²) in [6.07, 6.45) is 0. The highest BCUT2D eigenvalue weighted by atomic mass is 16.3. The fourth-order valence-corrected chi connectivity index (χ4v) is 2.86. The van der Waals surface area contributed by atoms with E-state index in [-0.39, 0.29) is 5.75 Å². The molecule has 4 aromatic rings. The normalized spacial score (nSPS) is 11.2. The van der Waals surface area contributed by atoms with Crippen LogP contribution in [-0.4, -0.2) is 10.1 Å². The van der Waals surface area contributed by atoms with Gasteiger partial charge < -0.3 is 15.8 Å². The lowest BCUT2D eigenvalue weighted by Gasteiger charge is -2.08. The molecule has 0 saturated carbocycles. The zero-order chi connectivity index (χ0) is 14.4. The van der Waals surface area contributed by atoms with Crippen molar-refractivity contribution in [2.75, 3.05) is 5.73 Å². The topological polar surface area (TPSA) is 62.0 Å².